The third kappa shape index (κ3) is 14.1. The van der Waals surface area contributed by atoms with Crippen LogP contribution < -0.4 is 10.6 Å². The Morgan fingerprint density at radius 1 is 0.939 bits per heavy atom. The van der Waals surface area contributed by atoms with Crippen molar-refractivity contribution in [3.8, 4) is 0 Å². The number of likely N-dealkylation sites (N-methyl/N-ethyl adjacent to an activating group) is 1. The van der Waals surface area contributed by atoms with E-state index in [2.05, 4.69) is 20.7 Å². The molecule has 3 fully saturated rings. The number of azide groups is 1. The molecular weight excluding hydrogens is 853 g/mol. The number of nitrogens with one attached hydrogen (secondary N) is 2. The lowest BCUT2D eigenvalue weighted by Crippen LogP contribution is -2.60. The van der Waals surface area contributed by atoms with E-state index in [0.717, 1.165) is 24.8 Å². The van der Waals surface area contributed by atoms with Crippen molar-refractivity contribution in [2.24, 2.45) is 28.8 Å². The van der Waals surface area contributed by atoms with Gasteiger partial charge in [0.05, 0.1) is 69.5 Å². The van der Waals surface area contributed by atoms with Crippen LogP contribution in [-0.2, 0) is 54.1 Å². The van der Waals surface area contributed by atoms with Crippen molar-refractivity contribution in [2.75, 3.05) is 60.8 Å². The Morgan fingerprint density at radius 3 is 2.26 bits per heavy atom. The molecule has 2 saturated heterocycles. The topological polar surface area (TPSA) is 242 Å². The van der Waals surface area contributed by atoms with E-state index in [0.29, 0.717) is 25.8 Å². The Labute approximate surface area is 389 Å². The van der Waals surface area contributed by atoms with Crippen LogP contribution in [-0.4, -0.2) is 165 Å². The molecule has 1 aliphatic carbocycles. The van der Waals surface area contributed by atoms with Crippen LogP contribution in [0.5, 0.6) is 0 Å². The van der Waals surface area contributed by atoms with Gasteiger partial charge in [0.1, 0.15) is 18.1 Å². The molecule has 3 aliphatic rings. The van der Waals surface area contributed by atoms with Crippen molar-refractivity contribution in [3.05, 3.63) is 46.3 Å². The van der Waals surface area contributed by atoms with Gasteiger partial charge in [0, 0.05) is 51.7 Å². The summed E-state index contributed by atoms with van der Waals surface area (Å²) < 4.78 is 22.9. The van der Waals surface area contributed by atoms with Crippen molar-refractivity contribution < 1.29 is 52.8 Å². The number of hydrogen-bond acceptors (Lipinski definition) is 11. The summed E-state index contributed by atoms with van der Waals surface area (Å²) in [7, 11) is 4.68. The quantitative estimate of drug-likeness (QED) is 0.0470. The number of carbonyl (C=O) groups is 6. The Bertz CT molecular complexity index is 1820. The molecule has 1 aromatic rings. The van der Waals surface area contributed by atoms with Gasteiger partial charge < -0.3 is 49.4 Å². The summed E-state index contributed by atoms with van der Waals surface area (Å²) in [5, 5.41) is 19.1. The summed E-state index contributed by atoms with van der Waals surface area (Å²) in [6.07, 6.45) is 2.94. The molecule has 368 valence electrons. The number of amides is 5. The number of benzene rings is 1. The van der Waals surface area contributed by atoms with E-state index in [1.807, 2.05) is 45.9 Å². The van der Waals surface area contributed by atoms with Gasteiger partial charge in [-0.25, -0.2) is 4.79 Å². The van der Waals surface area contributed by atoms with E-state index in [1.165, 1.54) is 14.2 Å². The van der Waals surface area contributed by atoms with Crippen molar-refractivity contribution in [1.29, 1.82) is 0 Å². The summed E-state index contributed by atoms with van der Waals surface area (Å²) in [6.45, 7) is 11.0. The minimum absolute atomic E-state index is 0.0208. The number of carboxylic acids is 1. The van der Waals surface area contributed by atoms with Gasteiger partial charge in [0.25, 0.3) is 0 Å². The molecule has 66 heavy (non-hydrogen) atoms. The number of fused-ring (bicyclic) bond motifs is 2. The highest BCUT2D eigenvalue weighted by molar-refractivity contribution is 5.93. The number of piperidine rings is 1. The number of likely N-dealkylation sites (tertiary alicyclic amines) is 2. The van der Waals surface area contributed by atoms with Crippen molar-refractivity contribution in [1.82, 2.24) is 25.3 Å². The number of carboxylic acid groups (broad SMARTS) is 1. The smallest absolute Gasteiger partial charge is 0.326 e. The molecule has 2 bridgehead atoms. The number of carbonyl (C=O) groups excluding carboxylic acids is 5. The van der Waals surface area contributed by atoms with Gasteiger partial charge in [-0.05, 0) is 61.0 Å². The fourth-order valence-corrected chi connectivity index (χ4v) is 10.1. The lowest BCUT2D eigenvalue weighted by molar-refractivity contribution is -0.149. The Hall–Kier alpha value is -4.81. The molecule has 3 unspecified atom stereocenters. The van der Waals surface area contributed by atoms with Gasteiger partial charge >= 0.3 is 5.97 Å². The minimum Gasteiger partial charge on any atom is -0.480 e. The molecule has 1 aromatic carbocycles. The Balaban J connectivity index is 1.42. The van der Waals surface area contributed by atoms with Crippen LogP contribution in [0.1, 0.15) is 91.5 Å². The van der Waals surface area contributed by atoms with Crippen LogP contribution >= 0.6 is 0 Å². The van der Waals surface area contributed by atoms with Gasteiger partial charge in [-0.15, -0.1) is 0 Å². The van der Waals surface area contributed by atoms with E-state index < -0.39 is 60.2 Å². The van der Waals surface area contributed by atoms with Crippen molar-refractivity contribution >= 4 is 35.5 Å². The summed E-state index contributed by atoms with van der Waals surface area (Å²) in [6, 6.07) is 5.18. The zero-order valence-electron chi connectivity index (χ0n) is 40.1. The first-order valence-electron chi connectivity index (χ1n) is 23.6. The zero-order valence-corrected chi connectivity index (χ0v) is 40.1. The average molecular weight is 927 g/mol. The molecule has 2 aliphatic heterocycles. The summed E-state index contributed by atoms with van der Waals surface area (Å²) >= 11 is 0. The number of nitrogens with zero attached hydrogens (tertiary/aromatic N) is 6. The van der Waals surface area contributed by atoms with Gasteiger partial charge in [0.2, 0.25) is 29.5 Å². The normalized spacial score (nSPS) is 22.1. The van der Waals surface area contributed by atoms with Crippen LogP contribution in [0.4, 0.5) is 0 Å². The van der Waals surface area contributed by atoms with E-state index in [-0.39, 0.29) is 99.7 Å². The van der Waals surface area contributed by atoms with E-state index in [4.69, 9.17) is 24.5 Å². The SMILES string of the molecule is CC[C@H](C)[C@@H]([C@@H](CC(=O)N1CCCC1[C@H](OC)[C@@H](C)C(=O)NC(Cc1ccccc1)C(=O)O)OC)N(C)C(=O)C(NC(=O)[C@@H]1[C@H]2CC[C@H](C2)N1C(=O)CCOCCOCCN=[N+]=[N-])C(C)C. The van der Waals surface area contributed by atoms with Crippen LogP contribution in [0, 0.1) is 23.7 Å². The summed E-state index contributed by atoms with van der Waals surface area (Å²) in [5.41, 5.74) is 9.14. The molecule has 11 atom stereocenters. The lowest BCUT2D eigenvalue weighted by Gasteiger charge is -2.41. The highest BCUT2D eigenvalue weighted by atomic mass is 16.5. The Morgan fingerprint density at radius 2 is 1.64 bits per heavy atom. The average Bonchev–Trinajstić information content (AvgIpc) is 4.08. The number of ether oxygens (including phenoxy) is 4. The molecule has 0 radical (unpaired) electrons. The molecule has 0 aromatic heterocycles. The maximum Gasteiger partial charge on any atom is 0.326 e. The first kappa shape index (κ1) is 53.8. The first-order valence-corrected chi connectivity index (χ1v) is 23.6. The second-order valence-electron chi connectivity index (χ2n) is 18.3. The first-order chi connectivity index (χ1) is 31.6. The van der Waals surface area contributed by atoms with E-state index >= 15 is 0 Å². The fraction of sp³-hybridized carbons (Fsp3) is 0.745. The largest absolute Gasteiger partial charge is 0.480 e. The zero-order chi connectivity index (χ0) is 48.5. The fourth-order valence-electron chi connectivity index (χ4n) is 10.1. The number of rotatable bonds is 28. The van der Waals surface area contributed by atoms with E-state index in [9.17, 15) is 33.9 Å². The van der Waals surface area contributed by atoms with Crippen LogP contribution in [0.3, 0.4) is 0 Å². The summed E-state index contributed by atoms with van der Waals surface area (Å²) in [4.78, 5) is 90.2. The molecule has 4 rings (SSSR count). The van der Waals surface area contributed by atoms with Gasteiger partial charge in [-0.3, -0.25) is 24.0 Å². The standard InChI is InChI=1S/C47H74N8O11/c1-9-30(4)41(37(63-7)28-39(57)54-21-13-16-36(54)43(64-8)31(5)44(58)50-35(47(61)62)26-32-14-11-10-12-15-32)53(6)46(60)40(29(2)3)51-45(59)42-33-17-18-34(27-33)55(42)38(56)19-22-65-24-25-66-23-20-49-52-48/h10-12,14-15,29-31,33-37,40-43H,9,13,16-28H2,1-8H3,(H,50,58)(H,51,59)(H,61,62)/t30-,31+,33-,34+,35?,36?,37+,40?,41-,42-,43+/m0/s1. The van der Waals surface area contributed by atoms with Gasteiger partial charge in [-0.1, -0.05) is 76.5 Å². The maximum absolute atomic E-state index is 14.6. The Kier molecular flexibility index (Phi) is 21.6. The van der Waals surface area contributed by atoms with Crippen LogP contribution in [0.25, 0.3) is 10.4 Å². The molecule has 5 amide bonds. The van der Waals surface area contributed by atoms with Gasteiger partial charge in [-0.2, -0.15) is 0 Å². The number of methoxy groups -OCH3 is 2. The molecule has 1 saturated carbocycles. The van der Waals surface area contributed by atoms with E-state index in [1.54, 1.807) is 40.8 Å². The number of hydrogen-bond donors (Lipinski definition) is 3. The third-order valence-electron chi connectivity index (χ3n) is 13.8. The second-order valence-corrected chi connectivity index (χ2v) is 18.3. The molecule has 19 nitrogen and oxygen atoms in total. The minimum atomic E-state index is -1.16. The van der Waals surface area contributed by atoms with Crippen molar-refractivity contribution in [3.63, 3.8) is 0 Å². The van der Waals surface area contributed by atoms with Crippen LogP contribution in [0.2, 0.25) is 0 Å². The monoisotopic (exact) mass is 927 g/mol. The van der Waals surface area contributed by atoms with Crippen LogP contribution in [0.15, 0.2) is 35.4 Å². The molecular formula is C47H74N8O11. The molecule has 0 spiro atoms. The predicted molar refractivity (Wildman–Crippen MR) is 245 cm³/mol. The lowest BCUT2D eigenvalue weighted by atomic mass is 9.89. The predicted octanol–water partition coefficient (Wildman–Crippen LogP) is 3.97. The molecule has 2 heterocycles. The third-order valence-corrected chi connectivity index (χ3v) is 13.8. The highest BCUT2D eigenvalue weighted by Gasteiger charge is 2.52. The maximum atomic E-state index is 14.6. The summed E-state index contributed by atoms with van der Waals surface area (Å²) in [5.74, 6) is -3.99. The molecule has 19 heteroatoms. The molecule has 3 N–H and O–H groups in total. The number of aliphatic carboxylic acids is 1. The van der Waals surface area contributed by atoms with Crippen molar-refractivity contribution in [2.45, 2.75) is 141 Å². The second kappa shape index (κ2) is 26.5. The highest BCUT2D eigenvalue weighted by Crippen LogP contribution is 2.43. The van der Waals surface area contributed by atoms with Gasteiger partial charge in [0.15, 0.2) is 0 Å².